The maximum Gasteiger partial charge on any atom is 0.212 e. The monoisotopic (exact) mass is 345 g/mol. The molecular weight excluding hydrogens is 325 g/mol. The number of rotatable bonds is 5. The number of aromatic nitrogens is 5. The number of halogens is 1. The minimum atomic E-state index is -0.351. The summed E-state index contributed by atoms with van der Waals surface area (Å²) in [6.07, 6.45) is 0. The van der Waals surface area contributed by atoms with E-state index in [1.54, 1.807) is 19.2 Å². The first kappa shape index (κ1) is 17.2. The summed E-state index contributed by atoms with van der Waals surface area (Å²) in [5, 5.41) is 12.9. The average Bonchev–Trinajstić information content (AvgIpc) is 3.02. The molecule has 8 heteroatoms. The Balaban J connectivity index is 1.89. The van der Waals surface area contributed by atoms with Gasteiger partial charge in [0.15, 0.2) is 6.61 Å². The smallest absolute Gasteiger partial charge is 0.212 e. The number of pyridine rings is 1. The maximum absolute atomic E-state index is 13.6. The van der Waals surface area contributed by atoms with Crippen molar-refractivity contribution >= 4 is 10.9 Å². The summed E-state index contributed by atoms with van der Waals surface area (Å²) in [5.74, 6) is 0.601. The third-order valence-corrected chi connectivity index (χ3v) is 3.49. The molecule has 0 unspecified atom stereocenters. The second-order valence-corrected chi connectivity index (χ2v) is 6.66. The number of ether oxygens (including phenoxy) is 2. The lowest BCUT2D eigenvalue weighted by Gasteiger charge is -2.15. The van der Waals surface area contributed by atoms with E-state index in [1.807, 2.05) is 20.8 Å². The summed E-state index contributed by atoms with van der Waals surface area (Å²) in [4.78, 5) is 5.97. The molecule has 3 aromatic rings. The zero-order valence-electron chi connectivity index (χ0n) is 14.7. The molecule has 3 rings (SSSR count). The molecule has 132 valence electrons. The van der Waals surface area contributed by atoms with Gasteiger partial charge in [-0.25, -0.2) is 4.39 Å². The first-order chi connectivity index (χ1) is 11.9. The molecule has 0 aliphatic carbocycles. The van der Waals surface area contributed by atoms with E-state index in [0.717, 1.165) is 0 Å². The van der Waals surface area contributed by atoms with Gasteiger partial charge in [0.1, 0.15) is 11.6 Å². The summed E-state index contributed by atoms with van der Waals surface area (Å²) in [6, 6.07) is 6.12. The fourth-order valence-electron chi connectivity index (χ4n) is 2.29. The molecule has 0 saturated carbocycles. The second kappa shape index (κ2) is 6.72. The van der Waals surface area contributed by atoms with Gasteiger partial charge in [0.2, 0.25) is 5.82 Å². The third-order valence-electron chi connectivity index (χ3n) is 3.49. The maximum atomic E-state index is 13.6. The van der Waals surface area contributed by atoms with Crippen molar-refractivity contribution in [3.8, 4) is 5.75 Å². The summed E-state index contributed by atoms with van der Waals surface area (Å²) in [7, 11) is 1.59. The van der Waals surface area contributed by atoms with E-state index in [2.05, 4.69) is 20.4 Å². The van der Waals surface area contributed by atoms with E-state index in [0.29, 0.717) is 34.8 Å². The first-order valence-corrected chi connectivity index (χ1v) is 7.87. The predicted octanol–water partition coefficient (Wildman–Crippen LogP) is 2.84. The molecule has 0 spiro atoms. The average molecular weight is 345 g/mol. The lowest BCUT2D eigenvalue weighted by molar-refractivity contribution is 0.181. The fraction of sp³-hybridized carbons (Fsp3) is 0.412. The van der Waals surface area contributed by atoms with Crippen LogP contribution in [0.15, 0.2) is 24.3 Å². The van der Waals surface area contributed by atoms with E-state index in [9.17, 15) is 4.39 Å². The van der Waals surface area contributed by atoms with Crippen LogP contribution in [0.25, 0.3) is 10.9 Å². The number of hydrogen-bond donors (Lipinski definition) is 0. The highest BCUT2D eigenvalue weighted by Gasteiger charge is 2.17. The van der Waals surface area contributed by atoms with E-state index in [-0.39, 0.29) is 18.0 Å². The molecule has 0 aliphatic rings. The van der Waals surface area contributed by atoms with Gasteiger partial charge in [-0.3, -0.25) is 4.98 Å². The van der Waals surface area contributed by atoms with Gasteiger partial charge in [0, 0.05) is 18.6 Å². The molecule has 0 radical (unpaired) electrons. The van der Waals surface area contributed by atoms with E-state index >= 15 is 0 Å². The number of tetrazole rings is 1. The van der Waals surface area contributed by atoms with Crippen LogP contribution < -0.4 is 4.74 Å². The molecule has 0 N–H and O–H groups in total. The molecule has 0 atom stereocenters. The van der Waals surface area contributed by atoms with Gasteiger partial charge < -0.3 is 9.47 Å². The van der Waals surface area contributed by atoms with Crippen LogP contribution in [0.1, 0.15) is 32.3 Å². The van der Waals surface area contributed by atoms with Gasteiger partial charge in [-0.1, -0.05) is 0 Å². The van der Waals surface area contributed by atoms with Crippen LogP contribution in [0.5, 0.6) is 5.75 Å². The van der Waals surface area contributed by atoms with Gasteiger partial charge >= 0.3 is 0 Å². The Hall–Kier alpha value is -2.61. The Kier molecular flexibility index (Phi) is 4.63. The highest BCUT2D eigenvalue weighted by molar-refractivity contribution is 5.85. The lowest BCUT2D eigenvalue weighted by Crippen LogP contribution is -2.24. The lowest BCUT2D eigenvalue weighted by atomic mass is 10.1. The molecule has 0 amide bonds. The van der Waals surface area contributed by atoms with Crippen molar-refractivity contribution in [2.75, 3.05) is 7.11 Å². The number of nitrogens with zero attached hydrogens (tertiary/aromatic N) is 5. The summed E-state index contributed by atoms with van der Waals surface area (Å²) in [5.41, 5.74) is 1.07. The van der Waals surface area contributed by atoms with Crippen LogP contribution >= 0.6 is 0 Å². The van der Waals surface area contributed by atoms with Crippen molar-refractivity contribution in [2.45, 2.75) is 39.5 Å². The Morgan fingerprint density at radius 3 is 2.64 bits per heavy atom. The van der Waals surface area contributed by atoms with Crippen molar-refractivity contribution < 1.29 is 13.9 Å². The van der Waals surface area contributed by atoms with Crippen molar-refractivity contribution in [1.82, 2.24) is 25.2 Å². The van der Waals surface area contributed by atoms with Crippen LogP contribution in [0.4, 0.5) is 4.39 Å². The topological polar surface area (TPSA) is 75.0 Å². The molecular formula is C17H20FN5O2. The standard InChI is InChI=1S/C17H20FN5O2/c1-17(2,3)23-21-16(20-22-23)10-25-15-8-12(9-24-4)19-14-6-5-11(18)7-13(14)15/h5-8H,9-10H2,1-4H3. The van der Waals surface area contributed by atoms with Gasteiger partial charge in [0.05, 0.1) is 23.4 Å². The summed E-state index contributed by atoms with van der Waals surface area (Å²) < 4.78 is 24.6. The zero-order valence-corrected chi connectivity index (χ0v) is 14.7. The number of benzene rings is 1. The predicted molar refractivity (Wildman–Crippen MR) is 89.6 cm³/mol. The van der Waals surface area contributed by atoms with E-state index < -0.39 is 0 Å². The molecule has 0 bridgehead atoms. The molecule has 0 aliphatic heterocycles. The minimum absolute atomic E-state index is 0.123. The molecule has 2 aromatic heterocycles. The zero-order chi connectivity index (χ0) is 18.0. The number of methoxy groups -OCH3 is 1. The van der Waals surface area contributed by atoms with Crippen molar-refractivity contribution in [1.29, 1.82) is 0 Å². The normalized spacial score (nSPS) is 11.9. The van der Waals surface area contributed by atoms with E-state index in [4.69, 9.17) is 9.47 Å². The van der Waals surface area contributed by atoms with Gasteiger partial charge in [0.25, 0.3) is 0 Å². The SMILES string of the molecule is COCc1cc(OCc2nnn(C(C)(C)C)n2)c2cc(F)ccc2n1. The first-order valence-electron chi connectivity index (χ1n) is 7.87. The highest BCUT2D eigenvalue weighted by Crippen LogP contribution is 2.27. The van der Waals surface area contributed by atoms with E-state index in [1.165, 1.54) is 16.9 Å². The summed E-state index contributed by atoms with van der Waals surface area (Å²) in [6.45, 7) is 6.40. The van der Waals surface area contributed by atoms with Crippen LogP contribution in [-0.4, -0.2) is 32.3 Å². The number of fused-ring (bicyclic) bond motifs is 1. The molecule has 1 aromatic carbocycles. The van der Waals surface area contributed by atoms with Crippen LogP contribution in [0.2, 0.25) is 0 Å². The van der Waals surface area contributed by atoms with Crippen LogP contribution in [0.3, 0.4) is 0 Å². The third kappa shape index (κ3) is 3.90. The number of hydrogen-bond acceptors (Lipinski definition) is 6. The molecule has 2 heterocycles. The minimum Gasteiger partial charge on any atom is -0.485 e. The van der Waals surface area contributed by atoms with Crippen LogP contribution in [0, 0.1) is 5.82 Å². The fourth-order valence-corrected chi connectivity index (χ4v) is 2.29. The Labute approximate surface area is 144 Å². The molecule has 0 saturated heterocycles. The highest BCUT2D eigenvalue weighted by atomic mass is 19.1. The Bertz CT molecular complexity index is 888. The second-order valence-electron chi connectivity index (χ2n) is 6.66. The molecule has 25 heavy (non-hydrogen) atoms. The largest absolute Gasteiger partial charge is 0.485 e. The Morgan fingerprint density at radius 1 is 1.16 bits per heavy atom. The quantitative estimate of drug-likeness (QED) is 0.708. The van der Waals surface area contributed by atoms with Gasteiger partial charge in [-0.15, -0.1) is 10.2 Å². The summed E-state index contributed by atoms with van der Waals surface area (Å²) >= 11 is 0. The Morgan fingerprint density at radius 2 is 1.96 bits per heavy atom. The molecule has 7 nitrogen and oxygen atoms in total. The van der Waals surface area contributed by atoms with Crippen molar-refractivity contribution in [3.63, 3.8) is 0 Å². The van der Waals surface area contributed by atoms with Gasteiger partial charge in [-0.05, 0) is 44.2 Å². The molecule has 0 fully saturated rings. The van der Waals surface area contributed by atoms with Crippen LogP contribution in [-0.2, 0) is 23.5 Å². The van der Waals surface area contributed by atoms with Crippen molar-refractivity contribution in [3.05, 3.63) is 41.6 Å². The van der Waals surface area contributed by atoms with Gasteiger partial charge in [-0.2, -0.15) is 4.80 Å². The van der Waals surface area contributed by atoms with Crippen molar-refractivity contribution in [2.24, 2.45) is 0 Å².